The summed E-state index contributed by atoms with van der Waals surface area (Å²) in [6, 6.07) is 61.9. The van der Waals surface area contributed by atoms with E-state index in [0.29, 0.717) is 0 Å². The van der Waals surface area contributed by atoms with Gasteiger partial charge in [0.25, 0.3) is 0 Å². The molecule has 0 heterocycles. The zero-order valence-corrected chi connectivity index (χ0v) is 42.3. The Kier molecular flexibility index (Phi) is 16.5. The Morgan fingerprint density at radius 2 is 0.655 bits per heavy atom. The minimum absolute atomic E-state index is 0. The van der Waals surface area contributed by atoms with Crippen LogP contribution in [0, 0.1) is 13.8 Å². The third-order valence-electron chi connectivity index (χ3n) is 9.94. The van der Waals surface area contributed by atoms with Crippen LogP contribution in [-0.2, 0) is 46.7 Å². The monoisotopic (exact) mass is 976 g/mol. The molecular weight excluding hydrogens is 934 g/mol. The van der Waals surface area contributed by atoms with Crippen LogP contribution in [0.4, 0.5) is 0 Å². The maximum absolute atomic E-state index is 2.31. The molecule has 6 heteroatoms. The van der Waals surface area contributed by atoms with E-state index in [1.54, 1.807) is 46.7 Å². The summed E-state index contributed by atoms with van der Waals surface area (Å²) in [5, 5.41) is 15.9. The third kappa shape index (κ3) is 10.4. The molecule has 0 nitrogen and oxygen atoms in total. The zero-order valence-electron chi connectivity index (χ0n) is 33.9. The smallest absolute Gasteiger partial charge is 0.00995 e. The number of rotatable bonds is 2. The molecule has 0 saturated heterocycles. The van der Waals surface area contributed by atoms with Crippen molar-refractivity contribution in [2.24, 2.45) is 0 Å². The van der Waals surface area contributed by atoms with Gasteiger partial charge in [-0.3, -0.25) is 0 Å². The fraction of sp³-hybridized carbons (Fsp3) is 0.115. The summed E-state index contributed by atoms with van der Waals surface area (Å²) >= 11 is 3.48. The number of benzene rings is 8. The molecule has 0 aromatic heterocycles. The summed E-state index contributed by atoms with van der Waals surface area (Å²) in [6.07, 6.45) is 0. The van der Waals surface area contributed by atoms with E-state index in [-0.39, 0.29) is 35.7 Å². The van der Waals surface area contributed by atoms with Gasteiger partial charge in [-0.1, -0.05) is 146 Å². The van der Waals surface area contributed by atoms with Crippen LogP contribution in [0.1, 0.15) is 11.1 Å². The minimum atomic E-state index is 0. The van der Waals surface area contributed by atoms with Gasteiger partial charge in [-0.15, -0.1) is 69.1 Å². The Bertz CT molecular complexity index is 2830. The average Bonchev–Trinajstić information content (AvgIpc) is 3.78. The molecule has 288 valence electrons. The van der Waals surface area contributed by atoms with E-state index in [1.165, 1.54) is 98.0 Å². The molecule has 10 rings (SSSR count). The second kappa shape index (κ2) is 20.9. The summed E-state index contributed by atoms with van der Waals surface area (Å²) in [5.41, 5.74) is 8.34. The average molecular weight is 980 g/mol. The predicted octanol–water partition coefficient (Wildman–Crippen LogP) is 9.26. The SMILES string of the molecule is C[Si](C)=[Zr].C[Si](C)=[Zr].Cc1cc2c(-c3cccc4c3ccc3ccccc34)cccc2[cH-]1.Cc1cc2c(-c3cccc4c3ccc3ccccc34)cccc2[cH-]1.[Cl-].[Cl-]. The van der Waals surface area contributed by atoms with Gasteiger partial charge >= 0.3 is 83.7 Å². The maximum Gasteiger partial charge on any atom is -0.00995 e. The summed E-state index contributed by atoms with van der Waals surface area (Å²) in [6.45, 7) is 13.6. The quantitative estimate of drug-likeness (QED) is 0.0922. The molecule has 0 aliphatic rings. The Labute approximate surface area is 386 Å². The van der Waals surface area contributed by atoms with Crippen molar-refractivity contribution in [1.29, 1.82) is 0 Å². The number of hydrogen-bond donors (Lipinski definition) is 0. The number of aryl methyl sites for hydroxylation is 2. The third-order valence-corrected chi connectivity index (χ3v) is 9.94. The Morgan fingerprint density at radius 3 is 1.03 bits per heavy atom. The van der Waals surface area contributed by atoms with Gasteiger partial charge in [0.2, 0.25) is 0 Å². The second-order valence-electron chi connectivity index (χ2n) is 15.1. The fourth-order valence-corrected chi connectivity index (χ4v) is 7.79. The van der Waals surface area contributed by atoms with E-state index in [9.17, 15) is 0 Å². The molecule has 0 amide bonds. The molecule has 0 fully saturated rings. The Morgan fingerprint density at radius 1 is 0.345 bits per heavy atom. The van der Waals surface area contributed by atoms with Crippen molar-refractivity contribution in [3.8, 4) is 22.3 Å². The molecule has 0 N–H and O–H groups in total. The topological polar surface area (TPSA) is 0 Å². The number of fused-ring (bicyclic) bond motifs is 8. The van der Waals surface area contributed by atoms with Crippen LogP contribution in [0.25, 0.3) is 86.9 Å². The standard InChI is InChI=1S/2C24H17.2C2H6Si.2ClH.2Zr/c2*1-16-14-18-7-4-9-22(24(18)15-16)21-11-5-10-20-19-8-3-2-6-17(19)12-13-23(20)21;2*1-3-2;;;;/h2*2-15H,1H3;2*1-2H3;2*1H;;/q2*-1;;;;;;/p-2. The first kappa shape index (κ1) is 45.9. The largest absolute Gasteiger partial charge is 1.00 e. The first-order valence-corrected chi connectivity index (χ1v) is 31.6. The van der Waals surface area contributed by atoms with Gasteiger partial charge < -0.3 is 24.8 Å². The molecule has 0 bridgehead atoms. The number of halogens is 2. The first-order valence-electron chi connectivity index (χ1n) is 19.3. The second-order valence-corrected chi connectivity index (χ2v) is 33.8. The van der Waals surface area contributed by atoms with E-state index < -0.39 is 0 Å². The van der Waals surface area contributed by atoms with Crippen LogP contribution >= 0.6 is 0 Å². The van der Waals surface area contributed by atoms with Crippen LogP contribution in [0.2, 0.25) is 26.2 Å². The number of hydrogen-bond acceptors (Lipinski definition) is 0. The van der Waals surface area contributed by atoms with Crippen molar-refractivity contribution < 1.29 is 71.5 Å². The molecule has 10 aromatic rings. The molecule has 0 unspecified atom stereocenters. The summed E-state index contributed by atoms with van der Waals surface area (Å²) in [5.74, 6) is 0. The Hall–Kier alpha value is -3.20. The summed E-state index contributed by atoms with van der Waals surface area (Å²) in [4.78, 5) is 0. The summed E-state index contributed by atoms with van der Waals surface area (Å²) < 4.78 is 0. The van der Waals surface area contributed by atoms with E-state index in [4.69, 9.17) is 0 Å². The molecule has 0 radical (unpaired) electrons. The van der Waals surface area contributed by atoms with Gasteiger partial charge in [-0.05, 0) is 54.2 Å². The zero-order chi connectivity index (χ0) is 39.3. The molecule has 10 aromatic carbocycles. The van der Waals surface area contributed by atoms with Gasteiger partial charge in [-0.2, -0.15) is 12.1 Å². The van der Waals surface area contributed by atoms with Crippen molar-refractivity contribution >= 4 is 75.5 Å². The van der Waals surface area contributed by atoms with Crippen LogP contribution in [0.15, 0.2) is 170 Å². The van der Waals surface area contributed by atoms with Crippen LogP contribution < -0.4 is 24.8 Å². The molecule has 0 aliphatic carbocycles. The Balaban J connectivity index is 0.000000182. The molecule has 0 atom stereocenters. The van der Waals surface area contributed by atoms with Crippen LogP contribution in [0.5, 0.6) is 0 Å². The normalized spacial score (nSPS) is 10.4. The van der Waals surface area contributed by atoms with Crippen molar-refractivity contribution in [1.82, 2.24) is 0 Å². The fourth-order valence-electron chi connectivity index (χ4n) is 7.79. The summed E-state index contributed by atoms with van der Waals surface area (Å²) in [7, 11) is 0. The first-order chi connectivity index (χ1) is 27.1. The van der Waals surface area contributed by atoms with E-state index in [0.717, 1.165) is 0 Å². The maximum atomic E-state index is 2.31. The molecule has 58 heavy (non-hydrogen) atoms. The van der Waals surface area contributed by atoms with Crippen molar-refractivity contribution in [3.05, 3.63) is 181 Å². The van der Waals surface area contributed by atoms with Gasteiger partial charge in [-0.25, -0.2) is 0 Å². The van der Waals surface area contributed by atoms with Crippen molar-refractivity contribution in [2.75, 3.05) is 0 Å². The van der Waals surface area contributed by atoms with Crippen LogP contribution in [-0.4, -0.2) is 10.9 Å². The van der Waals surface area contributed by atoms with Gasteiger partial charge in [0.1, 0.15) is 0 Å². The van der Waals surface area contributed by atoms with Crippen LogP contribution in [0.3, 0.4) is 0 Å². The molecular formula is C52H46Cl2Si2Zr2-4. The van der Waals surface area contributed by atoms with E-state index in [1.807, 2.05) is 0 Å². The van der Waals surface area contributed by atoms with Crippen molar-refractivity contribution in [2.45, 2.75) is 40.0 Å². The predicted molar refractivity (Wildman–Crippen MR) is 244 cm³/mol. The van der Waals surface area contributed by atoms with Gasteiger partial charge in [0.05, 0.1) is 0 Å². The molecule has 0 aliphatic heterocycles. The van der Waals surface area contributed by atoms with E-state index >= 15 is 0 Å². The van der Waals surface area contributed by atoms with Gasteiger partial charge in [0.15, 0.2) is 0 Å². The molecule has 0 saturated carbocycles. The van der Waals surface area contributed by atoms with Crippen molar-refractivity contribution in [3.63, 3.8) is 0 Å². The van der Waals surface area contributed by atoms with Gasteiger partial charge in [0, 0.05) is 0 Å². The minimum Gasteiger partial charge on any atom is -1.00 e. The molecule has 0 spiro atoms. The van der Waals surface area contributed by atoms with E-state index in [2.05, 4.69) is 210 Å².